The summed E-state index contributed by atoms with van der Waals surface area (Å²) in [5.41, 5.74) is -0.253. The predicted octanol–water partition coefficient (Wildman–Crippen LogP) is 1.88. The Morgan fingerprint density at radius 1 is 1.32 bits per heavy atom. The Hall–Kier alpha value is -2.28. The van der Waals surface area contributed by atoms with Gasteiger partial charge < -0.3 is 0 Å². The normalized spacial score (nSPS) is 22.0. The topological polar surface area (TPSA) is 83.8 Å². The van der Waals surface area contributed by atoms with Crippen molar-refractivity contribution < 1.29 is 14.5 Å². The fraction of sp³-hybridized carbons (Fsp3) is 0.467. The Morgan fingerprint density at radius 3 is 2.77 bits per heavy atom. The number of hydrogen-bond acceptors (Lipinski definition) is 5. The molecule has 22 heavy (non-hydrogen) atoms. The number of likely N-dealkylation sites (tertiary alicyclic amines) is 1. The summed E-state index contributed by atoms with van der Waals surface area (Å²) in [5.74, 6) is -0.481. The largest absolute Gasteiger partial charge is 0.285 e. The van der Waals surface area contributed by atoms with E-state index in [9.17, 15) is 19.7 Å². The summed E-state index contributed by atoms with van der Waals surface area (Å²) in [4.78, 5) is 38.5. The van der Waals surface area contributed by atoms with E-state index < -0.39 is 16.7 Å². The minimum atomic E-state index is -0.615. The molecule has 0 radical (unpaired) electrons. The number of amides is 2. The van der Waals surface area contributed by atoms with Crippen LogP contribution in [0.5, 0.6) is 0 Å². The van der Waals surface area contributed by atoms with Gasteiger partial charge in [0.1, 0.15) is 5.56 Å². The van der Waals surface area contributed by atoms with Crippen LogP contribution in [-0.2, 0) is 0 Å². The highest BCUT2D eigenvalue weighted by Crippen LogP contribution is 2.31. The van der Waals surface area contributed by atoms with Gasteiger partial charge in [0.05, 0.1) is 17.2 Å². The van der Waals surface area contributed by atoms with Gasteiger partial charge in [-0.15, -0.1) is 0 Å². The van der Waals surface area contributed by atoms with Crippen LogP contribution < -0.4 is 0 Å². The van der Waals surface area contributed by atoms with E-state index in [0.717, 1.165) is 30.8 Å². The summed E-state index contributed by atoms with van der Waals surface area (Å²) in [5, 5.41) is 11.1. The molecule has 0 aromatic heterocycles. The maximum absolute atomic E-state index is 12.5. The van der Waals surface area contributed by atoms with Gasteiger partial charge in [0.15, 0.2) is 0 Å². The zero-order valence-corrected chi connectivity index (χ0v) is 12.3. The van der Waals surface area contributed by atoms with Gasteiger partial charge >= 0.3 is 0 Å². The highest BCUT2D eigenvalue weighted by Gasteiger charge is 2.41. The number of nitro benzene ring substituents is 1. The molecule has 2 amide bonds. The number of nitrogens with zero attached hydrogens (tertiary/aromatic N) is 3. The minimum absolute atomic E-state index is 0.0810. The number of nitro groups is 1. The summed E-state index contributed by atoms with van der Waals surface area (Å²) in [7, 11) is 0. The average molecular weight is 303 g/mol. The fourth-order valence-electron chi connectivity index (χ4n) is 3.21. The summed E-state index contributed by atoms with van der Waals surface area (Å²) in [6.07, 6.45) is 2.18. The van der Waals surface area contributed by atoms with Crippen molar-refractivity contribution in [2.75, 3.05) is 19.8 Å². The number of fused-ring (bicyclic) bond motifs is 1. The molecule has 1 aromatic rings. The molecule has 0 bridgehead atoms. The predicted molar refractivity (Wildman–Crippen MR) is 78.4 cm³/mol. The van der Waals surface area contributed by atoms with Crippen LogP contribution >= 0.6 is 0 Å². The van der Waals surface area contributed by atoms with E-state index in [2.05, 4.69) is 11.8 Å². The van der Waals surface area contributed by atoms with Crippen LogP contribution in [0.25, 0.3) is 0 Å². The lowest BCUT2D eigenvalue weighted by atomic mass is 10.0. The first-order valence-electron chi connectivity index (χ1n) is 7.35. The third kappa shape index (κ3) is 2.37. The molecule has 116 valence electrons. The van der Waals surface area contributed by atoms with Gasteiger partial charge in [-0.3, -0.25) is 29.5 Å². The Balaban J connectivity index is 1.87. The van der Waals surface area contributed by atoms with Gasteiger partial charge in [0, 0.05) is 12.6 Å². The van der Waals surface area contributed by atoms with Crippen molar-refractivity contribution in [1.82, 2.24) is 9.80 Å². The summed E-state index contributed by atoms with van der Waals surface area (Å²) < 4.78 is 0. The Kier molecular flexibility index (Phi) is 3.66. The molecule has 1 aromatic carbocycles. The van der Waals surface area contributed by atoms with E-state index in [1.165, 1.54) is 18.2 Å². The Morgan fingerprint density at radius 2 is 2.09 bits per heavy atom. The zero-order chi connectivity index (χ0) is 15.9. The van der Waals surface area contributed by atoms with Gasteiger partial charge in [-0.25, -0.2) is 0 Å². The number of benzene rings is 1. The Labute approximate surface area is 127 Å². The second-order valence-corrected chi connectivity index (χ2v) is 5.96. The molecule has 0 spiro atoms. The van der Waals surface area contributed by atoms with Gasteiger partial charge in [-0.05, 0) is 31.4 Å². The molecular formula is C15H17N3O4. The average Bonchev–Trinajstić information content (AvgIpc) is 2.72. The maximum atomic E-state index is 12.5. The lowest BCUT2D eigenvalue weighted by Gasteiger charge is -2.33. The molecule has 1 atom stereocenters. The number of imide groups is 1. The summed E-state index contributed by atoms with van der Waals surface area (Å²) >= 11 is 0. The molecule has 2 heterocycles. The minimum Gasteiger partial charge on any atom is -0.285 e. The fourth-order valence-corrected chi connectivity index (χ4v) is 3.21. The highest BCUT2D eigenvalue weighted by atomic mass is 16.6. The van der Waals surface area contributed by atoms with E-state index in [-0.39, 0.29) is 23.5 Å². The molecule has 0 unspecified atom stereocenters. The third-order valence-electron chi connectivity index (χ3n) is 4.26. The summed E-state index contributed by atoms with van der Waals surface area (Å²) in [6.45, 7) is 4.00. The number of carbonyl (C=O) groups excluding carboxylic acids is 2. The molecule has 7 nitrogen and oxygen atoms in total. The molecule has 7 heteroatoms. The summed E-state index contributed by atoms with van der Waals surface area (Å²) in [6, 6.07) is 4.17. The van der Waals surface area contributed by atoms with E-state index >= 15 is 0 Å². The first kappa shape index (κ1) is 14.6. The number of carbonyl (C=O) groups is 2. The van der Waals surface area contributed by atoms with Crippen molar-refractivity contribution in [3.63, 3.8) is 0 Å². The Bertz CT molecular complexity index is 658. The second-order valence-electron chi connectivity index (χ2n) is 5.96. The van der Waals surface area contributed by atoms with Crippen LogP contribution in [0.1, 0.15) is 40.5 Å². The molecule has 3 rings (SSSR count). The first-order chi connectivity index (χ1) is 10.5. The quantitative estimate of drug-likeness (QED) is 0.483. The molecule has 0 aliphatic carbocycles. The third-order valence-corrected chi connectivity index (χ3v) is 4.26. The van der Waals surface area contributed by atoms with Gasteiger partial charge in [0.2, 0.25) is 0 Å². The van der Waals surface area contributed by atoms with Crippen molar-refractivity contribution in [2.45, 2.75) is 19.8 Å². The van der Waals surface area contributed by atoms with Crippen molar-refractivity contribution in [1.29, 1.82) is 0 Å². The van der Waals surface area contributed by atoms with Gasteiger partial charge in [-0.2, -0.15) is 0 Å². The molecule has 1 fully saturated rings. The van der Waals surface area contributed by atoms with Crippen LogP contribution in [0, 0.1) is 16.0 Å². The second kappa shape index (κ2) is 5.49. The number of hydrogen-bond donors (Lipinski definition) is 0. The van der Waals surface area contributed by atoms with Crippen LogP contribution in [0.15, 0.2) is 18.2 Å². The molecule has 1 saturated heterocycles. The maximum Gasteiger partial charge on any atom is 0.282 e. The lowest BCUT2D eigenvalue weighted by molar-refractivity contribution is -0.385. The molecule has 2 aliphatic rings. The van der Waals surface area contributed by atoms with E-state index in [0.29, 0.717) is 5.92 Å². The SMILES string of the molecule is C[C@@H]1CCCN(CN2C(=O)c3cccc([N+](=O)[O-])c3C2=O)C1. The molecule has 0 saturated carbocycles. The van der Waals surface area contributed by atoms with Crippen LogP contribution in [0.2, 0.25) is 0 Å². The van der Waals surface area contributed by atoms with E-state index in [1.54, 1.807) is 0 Å². The van der Waals surface area contributed by atoms with E-state index in [1.807, 2.05) is 0 Å². The number of piperidine rings is 1. The standard InChI is InChI=1S/C15H17N3O4/c1-10-4-3-7-16(8-10)9-17-14(19)11-5-2-6-12(18(21)22)13(11)15(17)20/h2,5-6,10H,3-4,7-9H2,1H3/t10-/m1/s1. The van der Waals surface area contributed by atoms with Crippen molar-refractivity contribution >= 4 is 17.5 Å². The van der Waals surface area contributed by atoms with Gasteiger partial charge in [-0.1, -0.05) is 13.0 Å². The van der Waals surface area contributed by atoms with Gasteiger partial charge in [0.25, 0.3) is 17.5 Å². The van der Waals surface area contributed by atoms with Crippen molar-refractivity contribution in [2.24, 2.45) is 5.92 Å². The monoisotopic (exact) mass is 303 g/mol. The van der Waals surface area contributed by atoms with Crippen molar-refractivity contribution in [3.05, 3.63) is 39.4 Å². The smallest absolute Gasteiger partial charge is 0.282 e. The van der Waals surface area contributed by atoms with E-state index in [4.69, 9.17) is 0 Å². The zero-order valence-electron chi connectivity index (χ0n) is 12.3. The van der Waals surface area contributed by atoms with Crippen LogP contribution in [0.4, 0.5) is 5.69 Å². The molecule has 0 N–H and O–H groups in total. The van der Waals surface area contributed by atoms with Crippen LogP contribution in [-0.4, -0.2) is 46.3 Å². The van der Waals surface area contributed by atoms with Crippen LogP contribution in [0.3, 0.4) is 0 Å². The lowest BCUT2D eigenvalue weighted by Crippen LogP contribution is -2.45. The van der Waals surface area contributed by atoms with Crippen molar-refractivity contribution in [3.8, 4) is 0 Å². The number of rotatable bonds is 3. The molecular weight excluding hydrogens is 286 g/mol. The molecule has 2 aliphatic heterocycles. The highest BCUT2D eigenvalue weighted by molar-refractivity contribution is 6.23. The first-order valence-corrected chi connectivity index (χ1v) is 7.35.